The van der Waals surface area contributed by atoms with Crippen molar-refractivity contribution < 1.29 is 29.5 Å². The minimum absolute atomic E-state index is 0.0270. The zero-order valence-corrected chi connectivity index (χ0v) is 15.2. The van der Waals surface area contributed by atoms with Gasteiger partial charge < -0.3 is 0 Å². The molecule has 18 heteroatoms. The third-order valence-electron chi connectivity index (χ3n) is 4.33. The van der Waals surface area contributed by atoms with E-state index < -0.39 is 69.5 Å². The van der Waals surface area contributed by atoms with Crippen molar-refractivity contribution in [2.75, 3.05) is 0 Å². The van der Waals surface area contributed by atoms with Crippen LogP contribution in [0.15, 0.2) is 47.8 Å². The van der Waals surface area contributed by atoms with Crippen LogP contribution in [0.1, 0.15) is 5.56 Å². The average molecular weight is 452 g/mol. The van der Waals surface area contributed by atoms with Gasteiger partial charge in [-0.25, -0.2) is 0 Å². The van der Waals surface area contributed by atoms with E-state index in [4.69, 9.17) is 0 Å². The second-order valence-corrected chi connectivity index (χ2v) is 6.04. The zero-order chi connectivity index (χ0) is 24.4. The van der Waals surface area contributed by atoms with Crippen LogP contribution in [0.3, 0.4) is 0 Å². The molecule has 1 aromatic rings. The number of benzene rings is 1. The third-order valence-corrected chi connectivity index (χ3v) is 4.33. The topological polar surface area (TPSA) is 259 Å². The summed E-state index contributed by atoms with van der Waals surface area (Å²) in [5.41, 5.74) is -8.10. The van der Waals surface area contributed by atoms with Crippen LogP contribution < -0.4 is 0 Å². The number of hydrogen-bond donors (Lipinski definition) is 0. The predicted molar refractivity (Wildman–Crippen MR) is 99.1 cm³/mol. The summed E-state index contributed by atoms with van der Waals surface area (Å²) in [5, 5.41) is 67.6. The summed E-state index contributed by atoms with van der Waals surface area (Å²) < 4.78 is 0. The SMILES string of the molecule is O=[N+]([O-])C1=CC([N+](=O)[O-])([N+](=O)[O-])C(C=Cc2ccc([N+](=O)[O-])cc2[N+](=O)[O-])C([N+](=O)[O-])=C1. The lowest BCUT2D eigenvalue weighted by molar-refractivity contribution is -0.790. The van der Waals surface area contributed by atoms with Crippen molar-refractivity contribution in [3.8, 4) is 0 Å². The molecule has 0 saturated heterocycles. The van der Waals surface area contributed by atoms with Crippen LogP contribution in [0.2, 0.25) is 0 Å². The highest BCUT2D eigenvalue weighted by Gasteiger charge is 2.68. The van der Waals surface area contributed by atoms with Gasteiger partial charge in [-0.15, -0.1) is 0 Å². The summed E-state index contributed by atoms with van der Waals surface area (Å²) in [6.45, 7) is 0. The lowest BCUT2D eigenvalue weighted by atomic mass is 9.84. The van der Waals surface area contributed by atoms with Crippen molar-refractivity contribution in [1.82, 2.24) is 0 Å². The molecule has 0 N–H and O–H groups in total. The van der Waals surface area contributed by atoms with Gasteiger partial charge >= 0.3 is 5.66 Å². The first kappa shape index (κ1) is 23.1. The van der Waals surface area contributed by atoms with E-state index in [-0.39, 0.29) is 6.08 Å². The van der Waals surface area contributed by atoms with Gasteiger partial charge in [0.25, 0.3) is 22.8 Å². The molecule has 0 fully saturated rings. The average Bonchev–Trinajstić information content (AvgIpc) is 2.70. The van der Waals surface area contributed by atoms with Gasteiger partial charge in [-0.3, -0.25) is 60.7 Å². The van der Waals surface area contributed by atoms with Gasteiger partial charge in [0.15, 0.2) is 0 Å². The molecule has 0 aromatic heterocycles. The van der Waals surface area contributed by atoms with E-state index in [0.29, 0.717) is 24.3 Å². The van der Waals surface area contributed by atoms with Gasteiger partial charge in [-0.1, -0.05) is 12.2 Å². The van der Waals surface area contributed by atoms with Crippen LogP contribution in [0, 0.1) is 66.6 Å². The molecule has 2 rings (SSSR count). The summed E-state index contributed by atoms with van der Waals surface area (Å²) in [5.74, 6) is -2.33. The van der Waals surface area contributed by atoms with Crippen molar-refractivity contribution in [2.45, 2.75) is 5.66 Å². The molecular formula is C14H8N6O12. The fourth-order valence-electron chi connectivity index (χ4n) is 2.86. The fraction of sp³-hybridized carbons (Fsp3) is 0.143. The Morgan fingerprint density at radius 2 is 1.38 bits per heavy atom. The normalized spacial score (nSPS) is 17.2. The molecule has 0 heterocycles. The van der Waals surface area contributed by atoms with Crippen LogP contribution >= 0.6 is 0 Å². The molecule has 1 unspecified atom stereocenters. The molecule has 32 heavy (non-hydrogen) atoms. The monoisotopic (exact) mass is 452 g/mol. The Labute approximate surface area is 173 Å². The molecule has 1 aliphatic rings. The van der Waals surface area contributed by atoms with Crippen molar-refractivity contribution >= 4 is 17.5 Å². The maximum atomic E-state index is 11.6. The molecule has 18 nitrogen and oxygen atoms in total. The molecule has 1 aromatic carbocycles. The van der Waals surface area contributed by atoms with Gasteiger partial charge in [0, 0.05) is 6.07 Å². The molecular weight excluding hydrogens is 444 g/mol. The standard InChI is InChI=1S/C14H8N6O12/c21-15(22)9-3-1-8(12(5-9)17(25)26)2-4-11-13(18(27)28)6-10(16(23)24)7-14(11,19(29)30)20(31)32/h1-7,11H. The lowest BCUT2D eigenvalue weighted by Crippen LogP contribution is -2.53. The largest absolute Gasteiger partial charge is 0.500 e. The van der Waals surface area contributed by atoms with Crippen molar-refractivity contribution in [3.63, 3.8) is 0 Å². The number of rotatable bonds is 8. The van der Waals surface area contributed by atoms with Gasteiger partial charge in [-0.05, 0) is 6.07 Å². The lowest BCUT2D eigenvalue weighted by Gasteiger charge is -2.21. The molecule has 0 aliphatic heterocycles. The number of nitrogens with zero attached hydrogens (tertiary/aromatic N) is 6. The van der Waals surface area contributed by atoms with Crippen molar-refractivity contribution in [1.29, 1.82) is 0 Å². The van der Waals surface area contributed by atoms with E-state index in [0.717, 1.165) is 12.1 Å². The Hall–Kier alpha value is -5.16. The number of non-ortho nitro benzene ring substituents is 1. The second kappa shape index (κ2) is 8.30. The first-order chi connectivity index (χ1) is 14.8. The van der Waals surface area contributed by atoms with Crippen LogP contribution in [-0.4, -0.2) is 35.2 Å². The Morgan fingerprint density at radius 1 is 0.781 bits per heavy atom. The highest BCUT2D eigenvalue weighted by Crippen LogP contribution is 2.38. The first-order valence-corrected chi connectivity index (χ1v) is 7.96. The number of hydrogen-bond acceptors (Lipinski definition) is 12. The number of nitro groups is 6. The predicted octanol–water partition coefficient (Wildman–Crippen LogP) is 1.72. The Balaban J connectivity index is 2.76. The zero-order valence-electron chi connectivity index (χ0n) is 15.2. The second-order valence-electron chi connectivity index (χ2n) is 6.04. The molecule has 0 bridgehead atoms. The van der Waals surface area contributed by atoms with Crippen LogP contribution in [0.25, 0.3) is 6.08 Å². The summed E-state index contributed by atoms with van der Waals surface area (Å²) in [7, 11) is 0. The summed E-state index contributed by atoms with van der Waals surface area (Å²) in [4.78, 5) is 59.9. The Morgan fingerprint density at radius 3 is 1.81 bits per heavy atom. The molecule has 0 spiro atoms. The van der Waals surface area contributed by atoms with Gasteiger partial charge in [0.05, 0.1) is 37.4 Å². The molecule has 1 aliphatic carbocycles. The van der Waals surface area contributed by atoms with E-state index in [9.17, 15) is 60.7 Å². The van der Waals surface area contributed by atoms with Crippen molar-refractivity contribution in [3.05, 3.63) is 114 Å². The van der Waals surface area contributed by atoms with E-state index in [1.807, 2.05) is 0 Å². The summed E-state index contributed by atoms with van der Waals surface area (Å²) in [6, 6.07) is 2.23. The van der Waals surface area contributed by atoms with E-state index in [1.54, 1.807) is 0 Å². The molecule has 0 radical (unpaired) electrons. The minimum Gasteiger partial charge on any atom is -0.259 e. The quantitative estimate of drug-likeness (QED) is 0.310. The molecule has 1 atom stereocenters. The summed E-state index contributed by atoms with van der Waals surface area (Å²) in [6.07, 6.45) is 1.54. The van der Waals surface area contributed by atoms with E-state index in [2.05, 4.69) is 0 Å². The van der Waals surface area contributed by atoms with Gasteiger partial charge in [0.1, 0.15) is 15.9 Å². The molecule has 0 saturated carbocycles. The highest BCUT2D eigenvalue weighted by atomic mass is 16.7. The first-order valence-electron chi connectivity index (χ1n) is 7.96. The van der Waals surface area contributed by atoms with Crippen LogP contribution in [-0.2, 0) is 0 Å². The van der Waals surface area contributed by atoms with Crippen LogP contribution in [0.4, 0.5) is 11.4 Å². The smallest absolute Gasteiger partial charge is 0.259 e. The number of allylic oxidation sites excluding steroid dienone is 1. The van der Waals surface area contributed by atoms with Crippen LogP contribution in [0.5, 0.6) is 0 Å². The van der Waals surface area contributed by atoms with Gasteiger partial charge in [-0.2, -0.15) is 0 Å². The Kier molecular flexibility index (Phi) is 5.99. The molecule has 0 amide bonds. The molecule has 166 valence electrons. The number of nitro benzene ring substituents is 2. The highest BCUT2D eigenvalue weighted by molar-refractivity contribution is 5.64. The van der Waals surface area contributed by atoms with E-state index >= 15 is 0 Å². The van der Waals surface area contributed by atoms with E-state index in [1.165, 1.54) is 0 Å². The van der Waals surface area contributed by atoms with Gasteiger partial charge in [0.2, 0.25) is 5.92 Å². The summed E-state index contributed by atoms with van der Waals surface area (Å²) >= 11 is 0. The maximum Gasteiger partial charge on any atom is 0.500 e. The Bertz CT molecular complexity index is 1150. The fourth-order valence-corrected chi connectivity index (χ4v) is 2.86. The third kappa shape index (κ3) is 3.94. The van der Waals surface area contributed by atoms with Crippen molar-refractivity contribution in [2.24, 2.45) is 5.92 Å². The maximum absolute atomic E-state index is 11.6. The minimum atomic E-state index is -3.58.